The molecule has 1 fully saturated rings. The fraction of sp³-hybridized carbons (Fsp3) is 0.381. The van der Waals surface area contributed by atoms with E-state index < -0.39 is 0 Å². The number of carbonyl (C=O) groups excluding carboxylic acids is 2. The van der Waals surface area contributed by atoms with E-state index in [1.54, 1.807) is 30.5 Å². The molecule has 26 heavy (non-hydrogen) atoms. The minimum atomic E-state index is -0.281. The molecule has 0 aromatic heterocycles. The number of rotatable bonds is 8. The van der Waals surface area contributed by atoms with E-state index in [1.807, 2.05) is 13.0 Å². The van der Waals surface area contributed by atoms with Crippen LogP contribution in [0.4, 0.5) is 5.69 Å². The van der Waals surface area contributed by atoms with Gasteiger partial charge in [-0.2, -0.15) is 5.10 Å². The number of hydrazone groups is 1. The maximum atomic E-state index is 12.0. The van der Waals surface area contributed by atoms with Gasteiger partial charge in [0.25, 0.3) is 5.91 Å². The van der Waals surface area contributed by atoms with Crippen LogP contribution in [0.25, 0.3) is 0 Å². The average molecular weight is 353 g/mol. The van der Waals surface area contributed by atoms with Crippen molar-refractivity contribution < 1.29 is 9.59 Å². The molecule has 0 atom stereocenters. The predicted octanol–water partition coefficient (Wildman–Crippen LogP) is 4.44. The highest BCUT2D eigenvalue weighted by Gasteiger charge is 2.29. The molecule has 2 N–H and O–H groups in total. The number of hydrogen-bond acceptors (Lipinski definition) is 3. The molecule has 1 aliphatic carbocycles. The molecule has 138 valence electrons. The summed E-state index contributed by atoms with van der Waals surface area (Å²) in [5.74, 6) is -0.0682. The second kappa shape index (κ2) is 9.70. The van der Waals surface area contributed by atoms with Crippen LogP contribution in [0.5, 0.6) is 0 Å². The van der Waals surface area contributed by atoms with Gasteiger partial charge in [0.1, 0.15) is 0 Å². The van der Waals surface area contributed by atoms with E-state index in [4.69, 9.17) is 0 Å². The smallest absolute Gasteiger partial charge is 0.271 e. The highest BCUT2D eigenvalue weighted by atomic mass is 16.2. The first-order valence-corrected chi connectivity index (χ1v) is 8.99. The molecule has 1 aromatic carbocycles. The van der Waals surface area contributed by atoms with Crippen molar-refractivity contribution in [2.24, 2.45) is 11.0 Å². The number of amides is 2. The Morgan fingerprint density at radius 3 is 2.46 bits per heavy atom. The van der Waals surface area contributed by atoms with Crippen molar-refractivity contribution in [2.75, 3.05) is 5.32 Å². The van der Waals surface area contributed by atoms with Gasteiger partial charge in [-0.15, -0.1) is 0 Å². The molecular formula is C21H27N3O2. The van der Waals surface area contributed by atoms with Crippen LogP contribution in [0.15, 0.2) is 52.7 Å². The van der Waals surface area contributed by atoms with E-state index >= 15 is 0 Å². The molecule has 0 unspecified atom stereocenters. The molecule has 0 spiro atoms. The Kier molecular flexibility index (Phi) is 7.33. The number of anilines is 1. The van der Waals surface area contributed by atoms with Crippen LogP contribution in [-0.2, 0) is 4.79 Å². The Labute approximate surface area is 155 Å². The Balaban J connectivity index is 1.77. The van der Waals surface area contributed by atoms with Gasteiger partial charge in [-0.25, -0.2) is 5.43 Å². The highest BCUT2D eigenvalue weighted by Crippen LogP contribution is 2.30. The molecule has 2 amide bonds. The van der Waals surface area contributed by atoms with Gasteiger partial charge in [0, 0.05) is 23.4 Å². The van der Waals surface area contributed by atoms with Gasteiger partial charge in [-0.3, -0.25) is 9.59 Å². The van der Waals surface area contributed by atoms with Gasteiger partial charge in [0.2, 0.25) is 5.91 Å². The Hall–Kier alpha value is -2.69. The molecule has 2 rings (SSSR count). The summed E-state index contributed by atoms with van der Waals surface area (Å²) in [5, 5.41) is 6.79. The van der Waals surface area contributed by atoms with Gasteiger partial charge >= 0.3 is 0 Å². The van der Waals surface area contributed by atoms with Crippen molar-refractivity contribution in [3.63, 3.8) is 0 Å². The van der Waals surface area contributed by atoms with E-state index in [1.165, 1.54) is 11.1 Å². The van der Waals surface area contributed by atoms with Crippen LogP contribution in [-0.4, -0.2) is 18.0 Å². The summed E-state index contributed by atoms with van der Waals surface area (Å²) < 4.78 is 0. The van der Waals surface area contributed by atoms with Crippen molar-refractivity contribution >= 4 is 23.7 Å². The normalized spacial score (nSPS) is 14.2. The maximum absolute atomic E-state index is 12.0. The standard InChI is InChI=1S/C21H27N3O2/c1-15(2)5-4-6-16(3)13-14-22-24-21(26)18-9-11-19(12-10-18)23-20(25)17-7-8-17/h5,9-14,17H,4,6-8H2,1-3H3,(H,23,25)(H,24,26)/b16-13+,22-14-. The molecule has 5 nitrogen and oxygen atoms in total. The van der Waals surface area contributed by atoms with Crippen molar-refractivity contribution in [3.8, 4) is 0 Å². The van der Waals surface area contributed by atoms with Gasteiger partial charge in [-0.05, 0) is 76.8 Å². The van der Waals surface area contributed by atoms with Crippen LogP contribution in [0, 0.1) is 5.92 Å². The molecule has 0 heterocycles. The van der Waals surface area contributed by atoms with Crippen molar-refractivity contribution in [3.05, 3.63) is 53.1 Å². The Bertz CT molecular complexity index is 722. The van der Waals surface area contributed by atoms with Crippen LogP contribution in [0.2, 0.25) is 0 Å². The largest absolute Gasteiger partial charge is 0.326 e. The van der Waals surface area contributed by atoms with Gasteiger partial charge < -0.3 is 5.32 Å². The second-order valence-corrected chi connectivity index (χ2v) is 6.89. The summed E-state index contributed by atoms with van der Waals surface area (Å²) in [4.78, 5) is 23.8. The Morgan fingerprint density at radius 2 is 1.85 bits per heavy atom. The summed E-state index contributed by atoms with van der Waals surface area (Å²) in [6, 6.07) is 6.81. The SMILES string of the molecule is CC(C)=CCC/C(C)=C/C=N\NC(=O)c1ccc(NC(=O)C2CC2)cc1. The first-order valence-electron chi connectivity index (χ1n) is 8.99. The predicted molar refractivity (Wildman–Crippen MR) is 106 cm³/mol. The number of benzene rings is 1. The lowest BCUT2D eigenvalue weighted by atomic mass is 10.1. The van der Waals surface area contributed by atoms with Gasteiger partial charge in [-0.1, -0.05) is 17.2 Å². The van der Waals surface area contributed by atoms with E-state index in [-0.39, 0.29) is 17.7 Å². The number of allylic oxidation sites excluding steroid dienone is 4. The summed E-state index contributed by atoms with van der Waals surface area (Å²) in [7, 11) is 0. The molecule has 5 heteroatoms. The quantitative estimate of drug-likeness (QED) is 0.412. The fourth-order valence-electron chi connectivity index (χ4n) is 2.29. The minimum absolute atomic E-state index is 0.0542. The Morgan fingerprint density at radius 1 is 1.15 bits per heavy atom. The third-order valence-electron chi connectivity index (χ3n) is 4.05. The summed E-state index contributed by atoms with van der Waals surface area (Å²) in [6.07, 6.45) is 9.61. The van der Waals surface area contributed by atoms with Gasteiger partial charge in [0.05, 0.1) is 0 Å². The van der Waals surface area contributed by atoms with E-state index in [0.717, 1.165) is 25.7 Å². The van der Waals surface area contributed by atoms with Crippen molar-refractivity contribution in [1.82, 2.24) is 5.43 Å². The average Bonchev–Trinajstić information content (AvgIpc) is 3.44. The lowest BCUT2D eigenvalue weighted by molar-refractivity contribution is -0.117. The lowest BCUT2D eigenvalue weighted by Gasteiger charge is -2.05. The van der Waals surface area contributed by atoms with Crippen molar-refractivity contribution in [1.29, 1.82) is 0 Å². The molecule has 0 aliphatic heterocycles. The monoisotopic (exact) mass is 353 g/mol. The second-order valence-electron chi connectivity index (χ2n) is 6.89. The third-order valence-corrected chi connectivity index (χ3v) is 4.05. The lowest BCUT2D eigenvalue weighted by Crippen LogP contribution is -2.17. The van der Waals surface area contributed by atoms with Crippen LogP contribution < -0.4 is 10.7 Å². The summed E-state index contributed by atoms with van der Waals surface area (Å²) in [6.45, 7) is 6.22. The zero-order chi connectivity index (χ0) is 18.9. The molecule has 0 bridgehead atoms. The molecule has 0 saturated heterocycles. The topological polar surface area (TPSA) is 70.6 Å². The number of nitrogens with zero attached hydrogens (tertiary/aromatic N) is 1. The first-order chi connectivity index (χ1) is 12.5. The minimum Gasteiger partial charge on any atom is -0.326 e. The van der Waals surface area contributed by atoms with Crippen LogP contribution in [0.3, 0.4) is 0 Å². The van der Waals surface area contributed by atoms with E-state index in [0.29, 0.717) is 11.3 Å². The number of nitrogens with one attached hydrogen (secondary N) is 2. The number of carbonyl (C=O) groups is 2. The van der Waals surface area contributed by atoms with E-state index in [9.17, 15) is 9.59 Å². The zero-order valence-corrected chi connectivity index (χ0v) is 15.7. The molecular weight excluding hydrogens is 326 g/mol. The molecule has 0 radical (unpaired) electrons. The van der Waals surface area contributed by atoms with Crippen molar-refractivity contribution in [2.45, 2.75) is 46.5 Å². The molecule has 1 aromatic rings. The maximum Gasteiger partial charge on any atom is 0.271 e. The zero-order valence-electron chi connectivity index (χ0n) is 15.7. The van der Waals surface area contributed by atoms with E-state index in [2.05, 4.69) is 35.8 Å². The van der Waals surface area contributed by atoms with Crippen LogP contribution in [0.1, 0.15) is 56.8 Å². The van der Waals surface area contributed by atoms with Crippen LogP contribution >= 0.6 is 0 Å². The summed E-state index contributed by atoms with van der Waals surface area (Å²) in [5.41, 5.74) is 6.23. The fourth-order valence-corrected chi connectivity index (χ4v) is 2.29. The highest BCUT2D eigenvalue weighted by molar-refractivity contribution is 5.97. The molecule has 1 aliphatic rings. The first kappa shape index (κ1) is 19.6. The third kappa shape index (κ3) is 7.05. The summed E-state index contributed by atoms with van der Waals surface area (Å²) >= 11 is 0. The molecule has 1 saturated carbocycles. The number of hydrogen-bond donors (Lipinski definition) is 2. The van der Waals surface area contributed by atoms with Gasteiger partial charge in [0.15, 0.2) is 0 Å².